The maximum absolute atomic E-state index is 11.6. The van der Waals surface area contributed by atoms with Gasteiger partial charge in [0.05, 0.1) is 20.4 Å². The maximum atomic E-state index is 11.6. The number of carbonyl (C=O) groups is 1. The number of amides is 1. The number of hydrogen-bond acceptors (Lipinski definition) is 5. The number of hydrogen-bond donors (Lipinski definition) is 1. The quantitative estimate of drug-likeness (QED) is 0.628. The zero-order valence-corrected chi connectivity index (χ0v) is 13.0. The van der Waals surface area contributed by atoms with E-state index in [1.165, 1.54) is 6.21 Å². The highest BCUT2D eigenvalue weighted by Crippen LogP contribution is 2.26. The summed E-state index contributed by atoms with van der Waals surface area (Å²) in [7, 11) is 3.13. The average molecular weight is 314 g/mol. The molecule has 2 aromatic rings. The molecule has 0 saturated heterocycles. The number of nitrogens with one attached hydrogen (secondary N) is 1. The van der Waals surface area contributed by atoms with Crippen molar-refractivity contribution in [1.29, 1.82) is 0 Å². The van der Waals surface area contributed by atoms with Crippen LogP contribution in [0.15, 0.2) is 53.6 Å². The summed E-state index contributed by atoms with van der Waals surface area (Å²) in [6.07, 6.45) is 1.52. The Labute approximate surface area is 134 Å². The molecule has 0 spiro atoms. The predicted octanol–water partition coefficient (Wildman–Crippen LogP) is 2.23. The summed E-state index contributed by atoms with van der Waals surface area (Å²) in [5, 5.41) is 3.88. The van der Waals surface area contributed by atoms with Gasteiger partial charge < -0.3 is 14.2 Å². The number of rotatable bonds is 7. The first-order valence-corrected chi connectivity index (χ1v) is 6.94. The van der Waals surface area contributed by atoms with Gasteiger partial charge in [-0.1, -0.05) is 18.2 Å². The average Bonchev–Trinajstić information content (AvgIpc) is 2.60. The van der Waals surface area contributed by atoms with Crippen LogP contribution in [0.25, 0.3) is 0 Å². The van der Waals surface area contributed by atoms with Crippen LogP contribution in [0.1, 0.15) is 5.56 Å². The molecule has 2 aromatic carbocycles. The molecule has 0 aliphatic rings. The lowest BCUT2D eigenvalue weighted by Crippen LogP contribution is -2.24. The molecule has 0 bridgehead atoms. The van der Waals surface area contributed by atoms with Crippen LogP contribution in [0.5, 0.6) is 17.2 Å². The lowest BCUT2D eigenvalue weighted by Gasteiger charge is -2.07. The van der Waals surface area contributed by atoms with Crippen LogP contribution in [0.4, 0.5) is 0 Å². The monoisotopic (exact) mass is 314 g/mol. The van der Waals surface area contributed by atoms with Crippen molar-refractivity contribution in [2.45, 2.75) is 0 Å². The predicted molar refractivity (Wildman–Crippen MR) is 87.2 cm³/mol. The van der Waals surface area contributed by atoms with Crippen molar-refractivity contribution in [1.82, 2.24) is 5.43 Å². The van der Waals surface area contributed by atoms with Crippen LogP contribution >= 0.6 is 0 Å². The molecular formula is C17H18N2O4. The summed E-state index contributed by atoms with van der Waals surface area (Å²) in [5.41, 5.74) is 3.17. The summed E-state index contributed by atoms with van der Waals surface area (Å²) in [5.74, 6) is 1.51. The third kappa shape index (κ3) is 5.03. The summed E-state index contributed by atoms with van der Waals surface area (Å²) in [4.78, 5) is 11.6. The number of carbonyl (C=O) groups excluding carboxylic acids is 1. The molecule has 0 aliphatic carbocycles. The number of nitrogens with zero attached hydrogens (tertiary/aromatic N) is 1. The minimum atomic E-state index is -0.342. The zero-order chi connectivity index (χ0) is 16.5. The van der Waals surface area contributed by atoms with Gasteiger partial charge in [0.15, 0.2) is 18.1 Å². The van der Waals surface area contributed by atoms with E-state index in [0.717, 1.165) is 5.56 Å². The topological polar surface area (TPSA) is 69.2 Å². The smallest absolute Gasteiger partial charge is 0.277 e. The standard InChI is InChI=1S/C17H18N2O4/c1-21-15-9-8-13(10-16(15)22-2)11-18-19-17(20)12-23-14-6-4-3-5-7-14/h3-11H,12H2,1-2H3,(H,19,20)/b18-11-. The fourth-order valence-corrected chi connectivity index (χ4v) is 1.81. The molecule has 6 nitrogen and oxygen atoms in total. The van der Waals surface area contributed by atoms with E-state index >= 15 is 0 Å². The van der Waals surface area contributed by atoms with Crippen molar-refractivity contribution in [2.75, 3.05) is 20.8 Å². The van der Waals surface area contributed by atoms with Crippen LogP contribution in [-0.4, -0.2) is 32.9 Å². The van der Waals surface area contributed by atoms with Gasteiger partial charge in [-0.15, -0.1) is 0 Å². The molecule has 6 heteroatoms. The van der Waals surface area contributed by atoms with Gasteiger partial charge >= 0.3 is 0 Å². The normalized spacial score (nSPS) is 10.3. The highest BCUT2D eigenvalue weighted by molar-refractivity contribution is 5.83. The fraction of sp³-hybridized carbons (Fsp3) is 0.176. The van der Waals surface area contributed by atoms with Gasteiger partial charge in [-0.25, -0.2) is 5.43 Å². The van der Waals surface area contributed by atoms with Crippen LogP contribution in [0.2, 0.25) is 0 Å². The number of para-hydroxylation sites is 1. The molecule has 2 rings (SSSR count). The van der Waals surface area contributed by atoms with E-state index in [1.54, 1.807) is 44.6 Å². The van der Waals surface area contributed by atoms with Crippen molar-refractivity contribution in [3.8, 4) is 17.2 Å². The first-order chi connectivity index (χ1) is 11.2. The van der Waals surface area contributed by atoms with Crippen molar-refractivity contribution in [2.24, 2.45) is 5.10 Å². The van der Waals surface area contributed by atoms with Gasteiger partial charge in [0.1, 0.15) is 5.75 Å². The molecule has 1 amide bonds. The number of methoxy groups -OCH3 is 2. The van der Waals surface area contributed by atoms with Crippen LogP contribution in [0, 0.1) is 0 Å². The molecule has 0 aromatic heterocycles. The fourth-order valence-electron chi connectivity index (χ4n) is 1.81. The highest BCUT2D eigenvalue weighted by atomic mass is 16.5. The number of hydrazone groups is 1. The van der Waals surface area contributed by atoms with E-state index in [1.807, 2.05) is 18.2 Å². The van der Waals surface area contributed by atoms with Gasteiger partial charge in [0.25, 0.3) is 5.91 Å². The minimum Gasteiger partial charge on any atom is -0.493 e. The first-order valence-electron chi connectivity index (χ1n) is 6.94. The minimum absolute atomic E-state index is 0.104. The first kappa shape index (κ1) is 16.4. The molecule has 0 heterocycles. The van der Waals surface area contributed by atoms with Crippen LogP contribution < -0.4 is 19.6 Å². The van der Waals surface area contributed by atoms with Gasteiger partial charge in [-0.05, 0) is 35.9 Å². The number of ether oxygens (including phenoxy) is 3. The molecule has 23 heavy (non-hydrogen) atoms. The lowest BCUT2D eigenvalue weighted by molar-refractivity contribution is -0.123. The van der Waals surface area contributed by atoms with E-state index in [-0.39, 0.29) is 12.5 Å². The van der Waals surface area contributed by atoms with Crippen molar-refractivity contribution in [3.05, 3.63) is 54.1 Å². The van der Waals surface area contributed by atoms with E-state index in [0.29, 0.717) is 17.2 Å². The molecular weight excluding hydrogens is 296 g/mol. The molecule has 0 radical (unpaired) electrons. The third-order valence-corrected chi connectivity index (χ3v) is 2.92. The van der Waals surface area contributed by atoms with Crippen LogP contribution in [0.3, 0.4) is 0 Å². The second-order valence-corrected chi connectivity index (χ2v) is 4.51. The number of benzene rings is 2. The maximum Gasteiger partial charge on any atom is 0.277 e. The Kier molecular flexibility index (Phi) is 5.99. The Bertz CT molecular complexity index is 672. The van der Waals surface area contributed by atoms with Gasteiger partial charge in [0, 0.05) is 0 Å². The Morgan fingerprint density at radius 1 is 1.09 bits per heavy atom. The Balaban J connectivity index is 1.85. The second-order valence-electron chi connectivity index (χ2n) is 4.51. The molecule has 0 saturated carbocycles. The second kappa shape index (κ2) is 8.43. The Morgan fingerprint density at radius 3 is 2.52 bits per heavy atom. The van der Waals surface area contributed by atoms with Gasteiger partial charge in [0.2, 0.25) is 0 Å². The molecule has 120 valence electrons. The van der Waals surface area contributed by atoms with Crippen molar-refractivity contribution < 1.29 is 19.0 Å². The molecule has 0 atom stereocenters. The Morgan fingerprint density at radius 2 is 1.83 bits per heavy atom. The van der Waals surface area contributed by atoms with Crippen molar-refractivity contribution in [3.63, 3.8) is 0 Å². The van der Waals surface area contributed by atoms with E-state index < -0.39 is 0 Å². The molecule has 0 unspecified atom stereocenters. The van der Waals surface area contributed by atoms with Crippen molar-refractivity contribution >= 4 is 12.1 Å². The summed E-state index contributed by atoms with van der Waals surface area (Å²) < 4.78 is 15.7. The van der Waals surface area contributed by atoms with E-state index in [4.69, 9.17) is 14.2 Å². The van der Waals surface area contributed by atoms with Gasteiger partial charge in [-0.2, -0.15) is 5.10 Å². The molecule has 1 N–H and O–H groups in total. The van der Waals surface area contributed by atoms with E-state index in [9.17, 15) is 4.79 Å². The van der Waals surface area contributed by atoms with E-state index in [2.05, 4.69) is 10.5 Å². The van der Waals surface area contributed by atoms with Gasteiger partial charge in [-0.3, -0.25) is 4.79 Å². The highest BCUT2D eigenvalue weighted by Gasteiger charge is 2.04. The summed E-state index contributed by atoms with van der Waals surface area (Å²) in [6.45, 7) is -0.104. The zero-order valence-electron chi connectivity index (χ0n) is 13.0. The largest absolute Gasteiger partial charge is 0.493 e. The third-order valence-electron chi connectivity index (χ3n) is 2.92. The molecule has 0 fully saturated rings. The summed E-state index contributed by atoms with van der Waals surface area (Å²) in [6, 6.07) is 14.4. The Hall–Kier alpha value is -3.02. The van der Waals surface area contributed by atoms with Crippen LogP contribution in [-0.2, 0) is 4.79 Å². The lowest BCUT2D eigenvalue weighted by atomic mass is 10.2. The SMILES string of the molecule is COc1ccc(/C=N\NC(=O)COc2ccccc2)cc1OC. The molecule has 0 aliphatic heterocycles. The summed E-state index contributed by atoms with van der Waals surface area (Å²) >= 11 is 0.